The maximum absolute atomic E-state index is 8.95. The van der Waals surface area contributed by atoms with E-state index in [0.717, 1.165) is 31.5 Å². The summed E-state index contributed by atoms with van der Waals surface area (Å²) in [5.41, 5.74) is 1.05. The van der Waals surface area contributed by atoms with Gasteiger partial charge < -0.3 is 0 Å². The van der Waals surface area contributed by atoms with Crippen LogP contribution in [0.2, 0.25) is 5.02 Å². The molecule has 1 aromatic heterocycles. The number of rotatable bonds is 2. The highest BCUT2D eigenvalue weighted by Gasteiger charge is 2.24. The van der Waals surface area contributed by atoms with Crippen molar-refractivity contribution in [2.24, 2.45) is 0 Å². The van der Waals surface area contributed by atoms with Gasteiger partial charge in [-0.05, 0) is 31.0 Å². The van der Waals surface area contributed by atoms with E-state index in [2.05, 4.69) is 16.0 Å². The largest absolute Gasteiger partial charge is 0.284 e. The molecule has 1 aliphatic rings. The van der Waals surface area contributed by atoms with E-state index in [9.17, 15) is 0 Å². The molecule has 3 nitrogen and oxygen atoms in total. The molecule has 1 saturated heterocycles. The first-order valence-electron chi connectivity index (χ1n) is 5.03. The Kier molecular flexibility index (Phi) is 3.20. The Morgan fingerprint density at radius 3 is 3.27 bits per heavy atom. The highest BCUT2D eigenvalue weighted by Crippen LogP contribution is 2.22. The standard InChI is InChI=1S/C11H12ClN3/c12-11-7-14-4-3-9(11)8-15-5-1-2-10(15)6-13/h3-4,7,10H,1-2,5,8H2. The van der Waals surface area contributed by atoms with Crippen LogP contribution in [0.3, 0.4) is 0 Å². The Bertz CT molecular complexity index is 386. The van der Waals surface area contributed by atoms with Crippen LogP contribution in [-0.4, -0.2) is 22.5 Å². The molecule has 0 aliphatic carbocycles. The van der Waals surface area contributed by atoms with Gasteiger partial charge in [-0.3, -0.25) is 9.88 Å². The van der Waals surface area contributed by atoms with Crippen molar-refractivity contribution in [3.05, 3.63) is 29.0 Å². The molecule has 1 fully saturated rings. The first kappa shape index (κ1) is 10.4. The van der Waals surface area contributed by atoms with Crippen molar-refractivity contribution < 1.29 is 0 Å². The fourth-order valence-electron chi connectivity index (χ4n) is 1.91. The first-order valence-corrected chi connectivity index (χ1v) is 5.41. The van der Waals surface area contributed by atoms with Gasteiger partial charge in [0.2, 0.25) is 0 Å². The minimum absolute atomic E-state index is 0.0502. The molecule has 0 radical (unpaired) electrons. The predicted molar refractivity (Wildman–Crippen MR) is 58.3 cm³/mol. The van der Waals surface area contributed by atoms with Gasteiger partial charge in [-0.15, -0.1) is 0 Å². The second kappa shape index (κ2) is 4.61. The van der Waals surface area contributed by atoms with E-state index in [4.69, 9.17) is 16.9 Å². The number of aromatic nitrogens is 1. The number of nitriles is 1. The fraction of sp³-hybridized carbons (Fsp3) is 0.455. The third kappa shape index (κ3) is 2.28. The van der Waals surface area contributed by atoms with Crippen molar-refractivity contribution in [3.8, 4) is 6.07 Å². The van der Waals surface area contributed by atoms with E-state index in [1.807, 2.05) is 6.07 Å². The Balaban J connectivity index is 2.09. The Morgan fingerprint density at radius 1 is 1.67 bits per heavy atom. The maximum Gasteiger partial charge on any atom is 0.0981 e. The quantitative estimate of drug-likeness (QED) is 0.769. The van der Waals surface area contributed by atoms with Crippen molar-refractivity contribution in [2.45, 2.75) is 25.4 Å². The van der Waals surface area contributed by atoms with E-state index in [-0.39, 0.29) is 6.04 Å². The van der Waals surface area contributed by atoms with Crippen LogP contribution in [0.15, 0.2) is 18.5 Å². The predicted octanol–water partition coefficient (Wildman–Crippen LogP) is 2.22. The van der Waals surface area contributed by atoms with Gasteiger partial charge in [-0.2, -0.15) is 5.26 Å². The van der Waals surface area contributed by atoms with Crippen LogP contribution in [0.1, 0.15) is 18.4 Å². The number of halogens is 1. The van der Waals surface area contributed by atoms with Gasteiger partial charge >= 0.3 is 0 Å². The lowest BCUT2D eigenvalue weighted by molar-refractivity contribution is 0.286. The average Bonchev–Trinajstić information content (AvgIpc) is 2.69. The molecule has 15 heavy (non-hydrogen) atoms. The summed E-state index contributed by atoms with van der Waals surface area (Å²) < 4.78 is 0. The summed E-state index contributed by atoms with van der Waals surface area (Å²) >= 11 is 6.02. The minimum Gasteiger partial charge on any atom is -0.284 e. The smallest absolute Gasteiger partial charge is 0.0981 e. The lowest BCUT2D eigenvalue weighted by Gasteiger charge is -2.19. The summed E-state index contributed by atoms with van der Waals surface area (Å²) in [7, 11) is 0. The Labute approximate surface area is 94.3 Å². The maximum atomic E-state index is 8.95. The second-order valence-electron chi connectivity index (χ2n) is 3.72. The molecule has 1 aromatic rings. The van der Waals surface area contributed by atoms with Crippen LogP contribution in [0.4, 0.5) is 0 Å². The molecular weight excluding hydrogens is 210 g/mol. The van der Waals surface area contributed by atoms with Crippen LogP contribution in [-0.2, 0) is 6.54 Å². The SMILES string of the molecule is N#CC1CCCN1Cc1ccncc1Cl. The van der Waals surface area contributed by atoms with Crippen molar-refractivity contribution in [3.63, 3.8) is 0 Å². The van der Waals surface area contributed by atoms with E-state index in [1.54, 1.807) is 12.4 Å². The highest BCUT2D eigenvalue weighted by molar-refractivity contribution is 6.31. The lowest BCUT2D eigenvalue weighted by atomic mass is 10.2. The molecule has 78 valence electrons. The molecular formula is C11H12ClN3. The van der Waals surface area contributed by atoms with Crippen molar-refractivity contribution in [2.75, 3.05) is 6.54 Å². The zero-order valence-corrected chi connectivity index (χ0v) is 9.11. The molecule has 0 bridgehead atoms. The zero-order valence-electron chi connectivity index (χ0n) is 8.36. The number of nitrogens with zero attached hydrogens (tertiary/aromatic N) is 3. The summed E-state index contributed by atoms with van der Waals surface area (Å²) in [5.74, 6) is 0. The molecule has 0 saturated carbocycles. The van der Waals surface area contributed by atoms with Gasteiger partial charge in [0.1, 0.15) is 0 Å². The summed E-state index contributed by atoms with van der Waals surface area (Å²) in [4.78, 5) is 6.11. The van der Waals surface area contributed by atoms with Crippen LogP contribution in [0.25, 0.3) is 0 Å². The monoisotopic (exact) mass is 221 g/mol. The van der Waals surface area contributed by atoms with Crippen molar-refractivity contribution in [1.82, 2.24) is 9.88 Å². The topological polar surface area (TPSA) is 39.9 Å². The molecule has 1 aliphatic heterocycles. The zero-order chi connectivity index (χ0) is 10.7. The second-order valence-corrected chi connectivity index (χ2v) is 4.13. The summed E-state index contributed by atoms with van der Waals surface area (Å²) in [6.07, 6.45) is 5.45. The van der Waals surface area contributed by atoms with Gasteiger partial charge in [0.15, 0.2) is 0 Å². The average molecular weight is 222 g/mol. The molecule has 1 atom stereocenters. The third-order valence-electron chi connectivity index (χ3n) is 2.74. The molecule has 4 heteroatoms. The third-order valence-corrected chi connectivity index (χ3v) is 3.08. The van der Waals surface area contributed by atoms with Gasteiger partial charge in [-0.1, -0.05) is 11.6 Å². The van der Waals surface area contributed by atoms with Gasteiger partial charge in [0.25, 0.3) is 0 Å². The summed E-state index contributed by atoms with van der Waals surface area (Å²) in [6, 6.07) is 4.28. The molecule has 0 spiro atoms. The van der Waals surface area contributed by atoms with Gasteiger partial charge in [-0.25, -0.2) is 0 Å². The summed E-state index contributed by atoms with van der Waals surface area (Å²) in [5, 5.41) is 9.63. The fourth-order valence-corrected chi connectivity index (χ4v) is 2.09. The number of pyridine rings is 1. The van der Waals surface area contributed by atoms with Crippen LogP contribution < -0.4 is 0 Å². The Morgan fingerprint density at radius 2 is 2.53 bits per heavy atom. The molecule has 1 unspecified atom stereocenters. The van der Waals surface area contributed by atoms with Gasteiger partial charge in [0.05, 0.1) is 17.1 Å². The Hall–Kier alpha value is -1.11. The first-order chi connectivity index (χ1) is 7.31. The molecule has 0 aromatic carbocycles. The van der Waals surface area contributed by atoms with Gasteiger partial charge in [0, 0.05) is 18.9 Å². The molecule has 2 heterocycles. The van der Waals surface area contributed by atoms with E-state index in [1.165, 1.54) is 0 Å². The lowest BCUT2D eigenvalue weighted by Crippen LogP contribution is -2.27. The number of hydrogen-bond donors (Lipinski definition) is 0. The molecule has 0 N–H and O–H groups in total. The van der Waals surface area contributed by atoms with Crippen LogP contribution in [0.5, 0.6) is 0 Å². The number of hydrogen-bond acceptors (Lipinski definition) is 3. The van der Waals surface area contributed by atoms with Crippen molar-refractivity contribution >= 4 is 11.6 Å². The minimum atomic E-state index is 0.0502. The summed E-state index contributed by atoms with van der Waals surface area (Å²) in [6.45, 7) is 1.73. The number of likely N-dealkylation sites (tertiary alicyclic amines) is 1. The van der Waals surface area contributed by atoms with E-state index < -0.39 is 0 Å². The van der Waals surface area contributed by atoms with Crippen LogP contribution in [0, 0.1) is 11.3 Å². The van der Waals surface area contributed by atoms with Crippen LogP contribution >= 0.6 is 11.6 Å². The van der Waals surface area contributed by atoms with Crippen molar-refractivity contribution in [1.29, 1.82) is 5.26 Å². The highest BCUT2D eigenvalue weighted by atomic mass is 35.5. The normalized spacial score (nSPS) is 21.5. The van der Waals surface area contributed by atoms with E-state index >= 15 is 0 Å². The molecule has 0 amide bonds. The van der Waals surface area contributed by atoms with E-state index in [0.29, 0.717) is 5.02 Å². The molecule has 2 rings (SSSR count).